The third-order valence-electron chi connectivity index (χ3n) is 12.7. The zero-order valence-corrected chi connectivity index (χ0v) is 49.9. The van der Waals surface area contributed by atoms with Gasteiger partial charge < -0.3 is 19.4 Å². The van der Waals surface area contributed by atoms with Crippen molar-refractivity contribution in [2.75, 3.05) is 40.9 Å². The number of hydrogen-bond donors (Lipinski definition) is 2. The van der Waals surface area contributed by atoms with Crippen LogP contribution in [-0.4, -0.2) is 74.3 Å². The van der Waals surface area contributed by atoms with E-state index in [1.807, 2.05) is 33.3 Å². The topological polar surface area (TPSA) is 111 Å². The summed E-state index contributed by atoms with van der Waals surface area (Å²) in [5.74, 6) is -0.574. The van der Waals surface area contributed by atoms with E-state index >= 15 is 0 Å². The van der Waals surface area contributed by atoms with Crippen LogP contribution in [0.25, 0.3) is 0 Å². The maximum absolute atomic E-state index is 13.5. The Morgan fingerprint density at radius 1 is 0.480 bits per heavy atom. The summed E-state index contributed by atoms with van der Waals surface area (Å²) in [6, 6.07) is -0.881. The Bertz CT molecular complexity index is 1650. The highest BCUT2D eigenvalue weighted by Gasteiger charge is 2.30. The van der Waals surface area contributed by atoms with Crippen molar-refractivity contribution in [3.63, 3.8) is 0 Å². The predicted molar refractivity (Wildman–Crippen MR) is 323 cm³/mol. The maximum Gasteiger partial charge on any atom is 0.472 e. The van der Waals surface area contributed by atoms with Gasteiger partial charge in [-0.15, -0.1) is 0 Å². The molecule has 0 aromatic heterocycles. The predicted octanol–water partition coefficient (Wildman–Crippen LogP) is 18.6. The second kappa shape index (κ2) is 54.0. The minimum atomic E-state index is -4.47. The van der Waals surface area contributed by atoms with Gasteiger partial charge in [-0.3, -0.25) is 18.6 Å². The van der Waals surface area contributed by atoms with E-state index in [0.29, 0.717) is 30.3 Å². The number of nitrogens with zero attached hydrogens (tertiary/aromatic N) is 1. The molecule has 0 bridgehead atoms. The van der Waals surface area contributed by atoms with Crippen molar-refractivity contribution in [1.82, 2.24) is 5.32 Å². The fourth-order valence-corrected chi connectivity index (χ4v) is 8.77. The minimum absolute atomic E-state index is 0.0244. The van der Waals surface area contributed by atoms with Crippen LogP contribution < -0.4 is 5.32 Å². The smallest absolute Gasteiger partial charge is 0.456 e. The van der Waals surface area contributed by atoms with Gasteiger partial charge in [0.2, 0.25) is 5.91 Å². The summed E-state index contributed by atoms with van der Waals surface area (Å²) in [5.41, 5.74) is 0. The summed E-state index contributed by atoms with van der Waals surface area (Å²) in [6.45, 7) is 6.82. The number of ether oxygens (including phenoxy) is 1. The van der Waals surface area contributed by atoms with Gasteiger partial charge in [0.05, 0.1) is 33.8 Å². The Hall–Kier alpha value is -3.33. The summed E-state index contributed by atoms with van der Waals surface area (Å²) in [4.78, 5) is 37.7. The number of allylic oxidation sites excluding steroid dienone is 17. The highest BCUT2D eigenvalue weighted by atomic mass is 31.2. The maximum atomic E-state index is 13.5. The largest absolute Gasteiger partial charge is 0.472 e. The van der Waals surface area contributed by atoms with E-state index in [2.05, 4.69) is 123 Å². The molecule has 0 aromatic carbocycles. The van der Waals surface area contributed by atoms with Gasteiger partial charge in [0, 0.05) is 12.8 Å². The van der Waals surface area contributed by atoms with Crippen LogP contribution in [-0.2, 0) is 27.9 Å². The normalized spacial score (nSPS) is 14.5. The molecule has 2 N–H and O–H groups in total. The zero-order valence-electron chi connectivity index (χ0n) is 49.0. The molecule has 75 heavy (non-hydrogen) atoms. The summed E-state index contributed by atoms with van der Waals surface area (Å²) < 4.78 is 30.6. The molecule has 0 aromatic rings. The van der Waals surface area contributed by atoms with E-state index in [1.54, 1.807) is 0 Å². The van der Waals surface area contributed by atoms with Gasteiger partial charge in [0.15, 0.2) is 0 Å². The van der Waals surface area contributed by atoms with Crippen molar-refractivity contribution in [2.24, 2.45) is 0 Å². The quantitative estimate of drug-likeness (QED) is 0.0205. The van der Waals surface area contributed by atoms with Crippen molar-refractivity contribution >= 4 is 19.7 Å². The molecule has 3 unspecified atom stereocenters. The standard InChI is InChI=1S/C65H113N2O7P/c1-7-10-13-16-19-22-25-28-30-32-33-35-37-40-43-46-49-52-55-58-65(69)74-63(56-53-50-47-44-41-38-27-24-21-18-15-12-9-3)62(61-73-75(70,71)72-60-59-67(4,5)6)66-64(68)57-54-51-48-45-42-39-36-34-31-29-26-23-20-17-14-11-8-2/h10,13,19-20,22-23,28-31,33,35-36,39-40,43,53,56,62-63H,7-9,11-12,14-18,21,24-27,32,34,37-38,41-42,44-52,54-55,57-61H2,1-6H3,(H-,66,68,70,71)/p+1/b13-10-,22-19-,23-20-,30-28-,31-29-,35-33-,39-36-,43-40-,56-53+. The molecule has 0 radical (unpaired) electrons. The number of phosphoric ester groups is 1. The molecule has 10 heteroatoms. The van der Waals surface area contributed by atoms with Crippen molar-refractivity contribution in [3.05, 3.63) is 109 Å². The molecule has 1 amide bonds. The number of phosphoric acid groups is 1. The van der Waals surface area contributed by atoms with E-state index in [9.17, 15) is 19.0 Å². The number of likely N-dealkylation sites (N-methyl/N-ethyl adjacent to an activating group) is 1. The van der Waals surface area contributed by atoms with Gasteiger partial charge in [0.1, 0.15) is 19.3 Å². The van der Waals surface area contributed by atoms with Crippen LogP contribution in [0, 0.1) is 0 Å². The first-order chi connectivity index (χ1) is 36.4. The Balaban J connectivity index is 5.44. The summed E-state index contributed by atoms with van der Waals surface area (Å²) in [5, 5.41) is 3.03. The fraction of sp³-hybridized carbons (Fsp3) is 0.692. The molecule has 0 aliphatic heterocycles. The van der Waals surface area contributed by atoms with E-state index in [1.165, 1.54) is 83.5 Å². The Morgan fingerprint density at radius 3 is 1.32 bits per heavy atom. The molecule has 0 saturated heterocycles. The lowest BCUT2D eigenvalue weighted by Gasteiger charge is -2.27. The Kier molecular flexibility index (Phi) is 51.6. The molecule has 0 aliphatic rings. The van der Waals surface area contributed by atoms with Gasteiger partial charge in [-0.2, -0.15) is 0 Å². The molecule has 9 nitrogen and oxygen atoms in total. The molecular weight excluding hydrogens is 952 g/mol. The lowest BCUT2D eigenvalue weighted by Crippen LogP contribution is -2.47. The number of carbonyl (C=O) groups is 2. The first-order valence-corrected chi connectivity index (χ1v) is 31.7. The highest BCUT2D eigenvalue weighted by Crippen LogP contribution is 2.43. The van der Waals surface area contributed by atoms with Crippen molar-refractivity contribution in [1.29, 1.82) is 0 Å². The molecule has 0 spiro atoms. The monoisotopic (exact) mass is 1070 g/mol. The Morgan fingerprint density at radius 2 is 0.853 bits per heavy atom. The van der Waals surface area contributed by atoms with E-state index in [-0.39, 0.29) is 31.5 Å². The molecule has 0 heterocycles. The molecular formula is C65H114N2O7P+. The fourth-order valence-electron chi connectivity index (χ4n) is 8.03. The number of nitrogens with one attached hydrogen (secondary N) is 1. The first kappa shape index (κ1) is 71.7. The first-order valence-electron chi connectivity index (χ1n) is 30.2. The molecule has 0 aliphatic carbocycles. The third kappa shape index (κ3) is 55.2. The van der Waals surface area contributed by atoms with E-state index < -0.39 is 20.0 Å². The van der Waals surface area contributed by atoms with Crippen LogP contribution in [0.4, 0.5) is 0 Å². The summed E-state index contributed by atoms with van der Waals surface area (Å²) in [7, 11) is 1.45. The number of carbonyl (C=O) groups excluding carboxylic acids is 2. The van der Waals surface area contributed by atoms with Crippen LogP contribution in [0.5, 0.6) is 0 Å². The summed E-state index contributed by atoms with van der Waals surface area (Å²) >= 11 is 0. The van der Waals surface area contributed by atoms with E-state index in [4.69, 9.17) is 13.8 Å². The van der Waals surface area contributed by atoms with Gasteiger partial charge in [-0.05, 0) is 115 Å². The molecule has 0 fully saturated rings. The second-order valence-corrected chi connectivity index (χ2v) is 22.6. The molecule has 0 rings (SSSR count). The van der Waals surface area contributed by atoms with Crippen LogP contribution in [0.1, 0.15) is 239 Å². The van der Waals surface area contributed by atoms with Crippen molar-refractivity contribution in [2.45, 2.75) is 251 Å². The van der Waals surface area contributed by atoms with Crippen molar-refractivity contribution in [3.8, 4) is 0 Å². The lowest BCUT2D eigenvalue weighted by atomic mass is 10.0. The van der Waals surface area contributed by atoms with Gasteiger partial charge in [-0.1, -0.05) is 220 Å². The van der Waals surface area contributed by atoms with Crippen molar-refractivity contribution < 1.29 is 37.3 Å². The van der Waals surface area contributed by atoms with Crippen LogP contribution in [0.15, 0.2) is 109 Å². The third-order valence-corrected chi connectivity index (χ3v) is 13.7. The SMILES string of the molecule is CC/C=C\C/C=C\C/C=C\C/C=C\C/C=C\CCCCCC(=O)OC(/C=C/CCCCCCCCCCCCC)C(COP(=O)(O)OCC[N+](C)(C)C)NC(=O)CCCCCC/C=C\C/C=C\C/C=C\CCCCC. The van der Waals surface area contributed by atoms with Gasteiger partial charge in [0.25, 0.3) is 0 Å². The second-order valence-electron chi connectivity index (χ2n) is 21.1. The number of rotatable bonds is 53. The molecule has 3 atom stereocenters. The number of quaternary nitrogens is 1. The average Bonchev–Trinajstić information content (AvgIpc) is 3.37. The zero-order chi connectivity index (χ0) is 55.0. The average molecular weight is 1070 g/mol. The molecule has 0 saturated carbocycles. The Labute approximate surface area is 461 Å². The number of amides is 1. The lowest BCUT2D eigenvalue weighted by molar-refractivity contribution is -0.870. The minimum Gasteiger partial charge on any atom is -0.456 e. The number of esters is 1. The summed E-state index contributed by atoms with van der Waals surface area (Å²) in [6.07, 6.45) is 73.7. The highest BCUT2D eigenvalue weighted by molar-refractivity contribution is 7.47. The molecule has 430 valence electrons. The van der Waals surface area contributed by atoms with Crippen LogP contribution in [0.2, 0.25) is 0 Å². The van der Waals surface area contributed by atoms with Crippen LogP contribution >= 0.6 is 7.82 Å². The van der Waals surface area contributed by atoms with Gasteiger partial charge in [-0.25, -0.2) is 4.57 Å². The van der Waals surface area contributed by atoms with Crippen LogP contribution in [0.3, 0.4) is 0 Å². The number of hydrogen-bond acceptors (Lipinski definition) is 6. The van der Waals surface area contributed by atoms with E-state index in [0.717, 1.165) is 109 Å². The number of unbranched alkanes of at least 4 members (excludes halogenated alkanes) is 21. The van der Waals surface area contributed by atoms with Gasteiger partial charge >= 0.3 is 13.8 Å².